The van der Waals surface area contributed by atoms with Gasteiger partial charge in [0.25, 0.3) is 0 Å². The van der Waals surface area contributed by atoms with E-state index in [1.807, 2.05) is 0 Å². The van der Waals surface area contributed by atoms with Gasteiger partial charge >= 0.3 is 0 Å². The molecule has 0 N–H and O–H groups in total. The van der Waals surface area contributed by atoms with E-state index in [9.17, 15) is 0 Å². The maximum atomic E-state index is 5.82. The number of ether oxygens (including phenoxy) is 1. The number of hydrogen-bond donors (Lipinski definition) is 0. The van der Waals surface area contributed by atoms with Gasteiger partial charge in [-0.3, -0.25) is 0 Å². The van der Waals surface area contributed by atoms with Gasteiger partial charge in [0.1, 0.15) is 0 Å². The summed E-state index contributed by atoms with van der Waals surface area (Å²) in [5.74, 6) is 0.706. The van der Waals surface area contributed by atoms with Crippen molar-refractivity contribution in [3.8, 4) is 0 Å². The SMILES string of the molecule is CC(C)C/C=C(\Br)OC1CCCCC1. The normalized spacial score (nSPS) is 20.1. The molecule has 0 heterocycles. The van der Waals surface area contributed by atoms with Crippen LogP contribution in [0.2, 0.25) is 0 Å². The molecule has 82 valence electrons. The number of halogens is 1. The lowest BCUT2D eigenvalue weighted by Crippen LogP contribution is -2.14. The summed E-state index contributed by atoms with van der Waals surface area (Å²) in [6.07, 6.45) is 10.2. The summed E-state index contributed by atoms with van der Waals surface area (Å²) in [6.45, 7) is 4.44. The first-order valence-electron chi connectivity index (χ1n) is 5.71. The van der Waals surface area contributed by atoms with Gasteiger partial charge in [-0.2, -0.15) is 0 Å². The van der Waals surface area contributed by atoms with Gasteiger partial charge in [-0.15, -0.1) is 0 Å². The van der Waals surface area contributed by atoms with E-state index in [0.717, 1.165) is 11.1 Å². The minimum Gasteiger partial charge on any atom is -0.484 e. The summed E-state index contributed by atoms with van der Waals surface area (Å²) >= 11 is 3.48. The molecule has 1 fully saturated rings. The fraction of sp³-hybridized carbons (Fsp3) is 0.833. The van der Waals surface area contributed by atoms with Crippen LogP contribution in [0.5, 0.6) is 0 Å². The predicted octanol–water partition coefficient (Wildman–Crippen LogP) is 4.62. The molecule has 0 aliphatic heterocycles. The lowest BCUT2D eigenvalue weighted by molar-refractivity contribution is 0.0998. The molecule has 0 aromatic carbocycles. The van der Waals surface area contributed by atoms with Gasteiger partial charge in [0.15, 0.2) is 4.67 Å². The molecule has 1 nitrogen and oxygen atoms in total. The van der Waals surface area contributed by atoms with Crippen molar-refractivity contribution in [3.63, 3.8) is 0 Å². The van der Waals surface area contributed by atoms with Crippen LogP contribution in [0.4, 0.5) is 0 Å². The molecule has 0 aromatic rings. The molecule has 1 aliphatic carbocycles. The maximum absolute atomic E-state index is 5.82. The first-order chi connectivity index (χ1) is 6.68. The Morgan fingerprint density at radius 3 is 2.57 bits per heavy atom. The molecular formula is C12H21BrO. The quantitative estimate of drug-likeness (QED) is 0.671. The second-order valence-corrected chi connectivity index (χ2v) is 5.30. The van der Waals surface area contributed by atoms with Gasteiger partial charge < -0.3 is 4.74 Å². The molecule has 1 aliphatic rings. The molecular weight excluding hydrogens is 240 g/mol. The molecule has 2 heteroatoms. The van der Waals surface area contributed by atoms with Crippen LogP contribution in [0.15, 0.2) is 10.7 Å². The van der Waals surface area contributed by atoms with Crippen LogP contribution in [0.25, 0.3) is 0 Å². The van der Waals surface area contributed by atoms with E-state index >= 15 is 0 Å². The third-order valence-corrected chi connectivity index (χ3v) is 3.09. The van der Waals surface area contributed by atoms with Crippen LogP contribution in [0, 0.1) is 5.92 Å². The summed E-state index contributed by atoms with van der Waals surface area (Å²) in [7, 11) is 0. The summed E-state index contributed by atoms with van der Waals surface area (Å²) in [4.78, 5) is 0. The van der Waals surface area contributed by atoms with Crippen molar-refractivity contribution >= 4 is 15.9 Å². The molecule has 0 aromatic heterocycles. The summed E-state index contributed by atoms with van der Waals surface area (Å²) < 4.78 is 6.76. The van der Waals surface area contributed by atoms with Gasteiger partial charge in [0.05, 0.1) is 6.10 Å². The average Bonchev–Trinajstić information content (AvgIpc) is 2.16. The zero-order valence-electron chi connectivity index (χ0n) is 9.26. The Morgan fingerprint density at radius 1 is 1.36 bits per heavy atom. The van der Waals surface area contributed by atoms with Gasteiger partial charge in [-0.1, -0.05) is 20.3 Å². The van der Waals surface area contributed by atoms with Crippen molar-refractivity contribution in [1.82, 2.24) is 0 Å². The van der Waals surface area contributed by atoms with Crippen molar-refractivity contribution in [2.24, 2.45) is 5.92 Å². The van der Waals surface area contributed by atoms with Crippen LogP contribution >= 0.6 is 15.9 Å². The minimum absolute atomic E-state index is 0.460. The Hall–Kier alpha value is 0.0200. The monoisotopic (exact) mass is 260 g/mol. The van der Waals surface area contributed by atoms with Crippen LogP contribution in [-0.2, 0) is 4.74 Å². The fourth-order valence-corrected chi connectivity index (χ4v) is 2.17. The molecule has 0 bridgehead atoms. The highest BCUT2D eigenvalue weighted by Crippen LogP contribution is 2.24. The zero-order valence-corrected chi connectivity index (χ0v) is 10.8. The van der Waals surface area contributed by atoms with Crippen molar-refractivity contribution in [2.75, 3.05) is 0 Å². The zero-order chi connectivity index (χ0) is 10.4. The third-order valence-electron chi connectivity index (χ3n) is 2.58. The Balaban J connectivity index is 2.24. The van der Waals surface area contributed by atoms with Gasteiger partial charge in [-0.25, -0.2) is 0 Å². The maximum Gasteiger partial charge on any atom is 0.158 e. The number of rotatable bonds is 4. The van der Waals surface area contributed by atoms with Crippen molar-refractivity contribution in [3.05, 3.63) is 10.7 Å². The molecule has 1 saturated carbocycles. The Bertz CT molecular complexity index is 181. The molecule has 0 radical (unpaired) electrons. The topological polar surface area (TPSA) is 9.23 Å². The Kier molecular flexibility index (Phi) is 5.61. The first-order valence-corrected chi connectivity index (χ1v) is 6.50. The second-order valence-electron chi connectivity index (χ2n) is 4.52. The smallest absolute Gasteiger partial charge is 0.158 e. The van der Waals surface area contributed by atoms with Crippen LogP contribution in [-0.4, -0.2) is 6.10 Å². The highest BCUT2D eigenvalue weighted by molar-refractivity contribution is 9.11. The van der Waals surface area contributed by atoms with E-state index in [0.29, 0.717) is 12.0 Å². The third kappa shape index (κ3) is 5.04. The summed E-state index contributed by atoms with van der Waals surface area (Å²) in [5, 5.41) is 0. The largest absolute Gasteiger partial charge is 0.484 e. The van der Waals surface area contributed by atoms with E-state index in [2.05, 4.69) is 35.9 Å². The minimum atomic E-state index is 0.460. The molecule has 0 amide bonds. The molecule has 1 rings (SSSR count). The van der Waals surface area contributed by atoms with E-state index in [4.69, 9.17) is 4.74 Å². The molecule has 0 saturated heterocycles. The van der Waals surface area contributed by atoms with Crippen LogP contribution < -0.4 is 0 Å². The molecule has 14 heavy (non-hydrogen) atoms. The van der Waals surface area contributed by atoms with Crippen molar-refractivity contribution in [1.29, 1.82) is 0 Å². The predicted molar refractivity (Wildman–Crippen MR) is 64.4 cm³/mol. The fourth-order valence-electron chi connectivity index (χ4n) is 1.72. The van der Waals surface area contributed by atoms with Crippen LogP contribution in [0.1, 0.15) is 52.4 Å². The molecule has 0 atom stereocenters. The van der Waals surface area contributed by atoms with Crippen molar-refractivity contribution < 1.29 is 4.74 Å². The van der Waals surface area contributed by atoms with E-state index in [-0.39, 0.29) is 0 Å². The highest BCUT2D eigenvalue weighted by Gasteiger charge is 2.14. The second kappa shape index (κ2) is 6.49. The lowest BCUT2D eigenvalue weighted by atomic mass is 9.98. The van der Waals surface area contributed by atoms with Gasteiger partial charge in [-0.05, 0) is 60.0 Å². The van der Waals surface area contributed by atoms with E-state index in [1.54, 1.807) is 0 Å². The van der Waals surface area contributed by atoms with Crippen molar-refractivity contribution in [2.45, 2.75) is 58.5 Å². The van der Waals surface area contributed by atoms with Gasteiger partial charge in [0.2, 0.25) is 0 Å². The lowest BCUT2D eigenvalue weighted by Gasteiger charge is -2.22. The van der Waals surface area contributed by atoms with E-state index < -0.39 is 0 Å². The average molecular weight is 261 g/mol. The number of hydrogen-bond acceptors (Lipinski definition) is 1. The van der Waals surface area contributed by atoms with E-state index in [1.165, 1.54) is 32.1 Å². The Labute approximate surface area is 96.0 Å². The highest BCUT2D eigenvalue weighted by atomic mass is 79.9. The molecule has 0 spiro atoms. The van der Waals surface area contributed by atoms with Gasteiger partial charge in [0, 0.05) is 0 Å². The molecule has 0 unspecified atom stereocenters. The Morgan fingerprint density at radius 2 is 2.00 bits per heavy atom. The van der Waals surface area contributed by atoms with Crippen LogP contribution in [0.3, 0.4) is 0 Å². The summed E-state index contributed by atoms with van der Waals surface area (Å²) in [5.41, 5.74) is 0. The first kappa shape index (κ1) is 12.1. The number of allylic oxidation sites excluding steroid dienone is 1. The standard InChI is InChI=1S/C12H21BrO/c1-10(2)8-9-12(13)14-11-6-4-3-5-7-11/h9-11H,3-8H2,1-2H3/b12-9+. The summed E-state index contributed by atoms with van der Waals surface area (Å²) in [6, 6.07) is 0.